The van der Waals surface area contributed by atoms with E-state index in [1.165, 1.54) is 27.2 Å². The van der Waals surface area contributed by atoms with Crippen LogP contribution >= 0.6 is 11.8 Å². The molecule has 1 aromatic heterocycles. The number of rotatable bonds is 12. The van der Waals surface area contributed by atoms with Crippen molar-refractivity contribution in [3.63, 3.8) is 0 Å². The van der Waals surface area contributed by atoms with Gasteiger partial charge in [0.15, 0.2) is 11.5 Å². The lowest BCUT2D eigenvalue weighted by Gasteiger charge is -2.19. The number of fused-ring (bicyclic) bond motifs is 3. The standard InChI is InChI=1S/C32H38N4O7S/c1-18(37)34-22-11-9-19-16-27(40-2)29(41-3)30(42-4)28(19)20-10-12-23(26(38)17-21(20)22)35-24(13-15-44-6)31(39)36-25-8-7-14-33-32(25)43-5/h7-8,10,12,14,16-17,22,24H,9,11,13,15H2,1-6H3,(H,34,37)(H,35,38)(H,36,39). The van der Waals surface area contributed by atoms with Crippen molar-refractivity contribution < 1.29 is 28.5 Å². The number of nitrogens with one attached hydrogen (secondary N) is 3. The summed E-state index contributed by atoms with van der Waals surface area (Å²) in [7, 11) is 6.12. The number of aryl methyl sites for hydroxylation is 1. The van der Waals surface area contributed by atoms with E-state index in [2.05, 4.69) is 20.9 Å². The van der Waals surface area contributed by atoms with Gasteiger partial charge in [0.05, 0.1) is 40.2 Å². The summed E-state index contributed by atoms with van der Waals surface area (Å²) >= 11 is 1.59. The molecule has 1 aliphatic carbocycles. The largest absolute Gasteiger partial charge is 0.493 e. The van der Waals surface area contributed by atoms with E-state index in [1.807, 2.05) is 18.4 Å². The second kappa shape index (κ2) is 14.8. The van der Waals surface area contributed by atoms with Gasteiger partial charge in [-0.3, -0.25) is 14.4 Å². The first-order valence-corrected chi connectivity index (χ1v) is 15.5. The lowest BCUT2D eigenvalue weighted by Crippen LogP contribution is -2.36. The molecule has 0 spiro atoms. The second-order valence-corrected chi connectivity index (χ2v) is 11.1. The molecule has 2 atom stereocenters. The van der Waals surface area contributed by atoms with Crippen LogP contribution in [0.2, 0.25) is 0 Å². The summed E-state index contributed by atoms with van der Waals surface area (Å²) in [6.45, 7) is 1.45. The average molecular weight is 623 g/mol. The molecule has 1 heterocycles. The molecule has 2 amide bonds. The molecule has 11 nitrogen and oxygen atoms in total. The van der Waals surface area contributed by atoms with Crippen LogP contribution < -0.4 is 40.3 Å². The van der Waals surface area contributed by atoms with Crippen LogP contribution in [0.5, 0.6) is 23.1 Å². The maximum Gasteiger partial charge on any atom is 0.247 e. The Hall–Kier alpha value is -4.45. The van der Waals surface area contributed by atoms with Crippen molar-refractivity contribution in [3.8, 4) is 34.3 Å². The number of pyridine rings is 1. The zero-order chi connectivity index (χ0) is 31.8. The molecule has 3 N–H and O–H groups in total. The number of methoxy groups -OCH3 is 4. The number of aromatic nitrogens is 1. The Kier molecular flexibility index (Phi) is 10.9. The molecule has 0 bridgehead atoms. The highest BCUT2D eigenvalue weighted by Gasteiger charge is 2.30. The van der Waals surface area contributed by atoms with Crippen LogP contribution in [-0.2, 0) is 16.0 Å². The van der Waals surface area contributed by atoms with Crippen molar-refractivity contribution in [2.45, 2.75) is 38.3 Å². The van der Waals surface area contributed by atoms with Gasteiger partial charge in [0, 0.05) is 18.7 Å². The van der Waals surface area contributed by atoms with Crippen molar-refractivity contribution in [2.24, 2.45) is 0 Å². The molecule has 0 fully saturated rings. The van der Waals surface area contributed by atoms with E-state index in [1.54, 1.807) is 50.4 Å². The molecule has 234 valence electrons. The first-order valence-electron chi connectivity index (χ1n) is 14.1. The Balaban J connectivity index is 1.84. The van der Waals surface area contributed by atoms with E-state index in [0.717, 1.165) is 11.1 Å². The Morgan fingerprint density at radius 1 is 1.02 bits per heavy atom. The van der Waals surface area contributed by atoms with Crippen LogP contribution in [0.15, 0.2) is 47.4 Å². The molecular weight excluding hydrogens is 584 g/mol. The Labute approximate surface area is 261 Å². The molecule has 2 aromatic carbocycles. The maximum atomic E-state index is 13.8. The Morgan fingerprint density at radius 2 is 1.80 bits per heavy atom. The number of carbonyl (C=O) groups excluding carboxylic acids is 2. The average Bonchev–Trinajstić information content (AvgIpc) is 3.26. The minimum Gasteiger partial charge on any atom is -0.493 e. The molecule has 0 saturated carbocycles. The molecule has 1 aliphatic rings. The van der Waals surface area contributed by atoms with Gasteiger partial charge in [0.25, 0.3) is 0 Å². The van der Waals surface area contributed by atoms with Crippen molar-refractivity contribution in [3.05, 3.63) is 63.9 Å². The van der Waals surface area contributed by atoms with Gasteiger partial charge in [-0.25, -0.2) is 4.98 Å². The highest BCUT2D eigenvalue weighted by Crippen LogP contribution is 2.50. The smallest absolute Gasteiger partial charge is 0.247 e. The van der Waals surface area contributed by atoms with E-state index >= 15 is 0 Å². The molecule has 2 unspecified atom stereocenters. The minimum atomic E-state index is -0.736. The van der Waals surface area contributed by atoms with Gasteiger partial charge in [-0.2, -0.15) is 11.8 Å². The lowest BCUT2D eigenvalue weighted by molar-refractivity contribution is -0.120. The molecule has 0 saturated heterocycles. The number of thioether (sulfide) groups is 1. The van der Waals surface area contributed by atoms with Gasteiger partial charge in [-0.1, -0.05) is 6.07 Å². The number of nitrogens with zero attached hydrogens (tertiary/aromatic N) is 1. The number of carbonyl (C=O) groups is 2. The van der Waals surface area contributed by atoms with Gasteiger partial charge in [0.1, 0.15) is 11.7 Å². The number of hydrogen-bond acceptors (Lipinski definition) is 10. The van der Waals surface area contributed by atoms with E-state index < -0.39 is 12.1 Å². The highest BCUT2D eigenvalue weighted by molar-refractivity contribution is 7.98. The van der Waals surface area contributed by atoms with E-state index in [-0.39, 0.29) is 28.8 Å². The first-order chi connectivity index (χ1) is 21.3. The van der Waals surface area contributed by atoms with Crippen LogP contribution in [-0.4, -0.2) is 63.3 Å². The summed E-state index contributed by atoms with van der Waals surface area (Å²) in [6, 6.07) is 9.13. The Bertz CT molecular complexity index is 1580. The third-order valence-corrected chi connectivity index (χ3v) is 8.04. The SMILES string of the molecule is COc1cc2c(c(OC)c1OC)-c1ccc(NC(CCSC)C(=O)Nc3cccnc3OC)c(=O)cc1C(NC(C)=O)CC2. The summed E-state index contributed by atoms with van der Waals surface area (Å²) in [6.07, 6.45) is 5.10. The summed E-state index contributed by atoms with van der Waals surface area (Å²) in [5.74, 6) is 1.81. The molecule has 3 aromatic rings. The van der Waals surface area contributed by atoms with Crippen LogP contribution in [0.4, 0.5) is 11.4 Å². The summed E-state index contributed by atoms with van der Waals surface area (Å²) in [5, 5.41) is 9.06. The maximum absolute atomic E-state index is 13.8. The third-order valence-electron chi connectivity index (χ3n) is 7.40. The van der Waals surface area contributed by atoms with E-state index in [9.17, 15) is 14.4 Å². The number of amides is 2. The molecule has 0 radical (unpaired) electrons. The van der Waals surface area contributed by atoms with Gasteiger partial charge in [-0.15, -0.1) is 0 Å². The minimum absolute atomic E-state index is 0.217. The van der Waals surface area contributed by atoms with Gasteiger partial charge in [0.2, 0.25) is 28.9 Å². The fraction of sp³-hybridized carbons (Fsp3) is 0.375. The lowest BCUT2D eigenvalue weighted by atomic mass is 9.95. The van der Waals surface area contributed by atoms with Crippen molar-refractivity contribution in [1.82, 2.24) is 10.3 Å². The first kappa shape index (κ1) is 32.5. The normalized spacial score (nSPS) is 14.2. The quantitative estimate of drug-likeness (QED) is 0.266. The fourth-order valence-electron chi connectivity index (χ4n) is 5.39. The monoisotopic (exact) mass is 622 g/mol. The zero-order valence-electron chi connectivity index (χ0n) is 25.7. The summed E-state index contributed by atoms with van der Waals surface area (Å²) in [5.41, 5.74) is 3.33. The van der Waals surface area contributed by atoms with Crippen LogP contribution in [0, 0.1) is 0 Å². The van der Waals surface area contributed by atoms with Crippen LogP contribution in [0.1, 0.15) is 36.9 Å². The number of benzene rings is 1. The molecule has 44 heavy (non-hydrogen) atoms. The van der Waals surface area contributed by atoms with Crippen molar-refractivity contribution in [1.29, 1.82) is 0 Å². The predicted molar refractivity (Wildman–Crippen MR) is 173 cm³/mol. The topological polar surface area (TPSA) is 137 Å². The van der Waals surface area contributed by atoms with Gasteiger partial charge >= 0.3 is 0 Å². The third kappa shape index (κ3) is 7.02. The second-order valence-electron chi connectivity index (χ2n) is 10.1. The molecule has 12 heteroatoms. The molecule has 4 rings (SSSR count). The van der Waals surface area contributed by atoms with Crippen LogP contribution in [0.3, 0.4) is 0 Å². The Morgan fingerprint density at radius 3 is 2.45 bits per heavy atom. The summed E-state index contributed by atoms with van der Waals surface area (Å²) < 4.78 is 22.4. The van der Waals surface area contributed by atoms with E-state index in [0.29, 0.717) is 59.1 Å². The van der Waals surface area contributed by atoms with Gasteiger partial charge in [-0.05, 0) is 78.3 Å². The number of anilines is 2. The summed E-state index contributed by atoms with van der Waals surface area (Å²) in [4.78, 5) is 43.7. The van der Waals surface area contributed by atoms with Crippen molar-refractivity contribution in [2.75, 3.05) is 51.1 Å². The number of ether oxygens (including phenoxy) is 4. The zero-order valence-corrected chi connectivity index (χ0v) is 26.6. The van der Waals surface area contributed by atoms with Crippen LogP contribution in [0.25, 0.3) is 11.1 Å². The molecular formula is C32H38N4O7S. The van der Waals surface area contributed by atoms with E-state index in [4.69, 9.17) is 18.9 Å². The van der Waals surface area contributed by atoms with Gasteiger partial charge < -0.3 is 34.9 Å². The molecule has 0 aliphatic heterocycles. The highest BCUT2D eigenvalue weighted by atomic mass is 32.2. The van der Waals surface area contributed by atoms with Crippen molar-refractivity contribution >= 4 is 35.0 Å². The number of hydrogen-bond donors (Lipinski definition) is 3. The fourth-order valence-corrected chi connectivity index (χ4v) is 5.86. The predicted octanol–water partition coefficient (Wildman–Crippen LogP) is 4.44.